The van der Waals surface area contributed by atoms with Crippen LogP contribution in [0.1, 0.15) is 19.3 Å². The summed E-state index contributed by atoms with van der Waals surface area (Å²) in [6, 6.07) is 12.8. The van der Waals surface area contributed by atoms with Gasteiger partial charge in [0.2, 0.25) is 0 Å². The molecule has 3 rings (SSSR count). The van der Waals surface area contributed by atoms with Crippen molar-refractivity contribution in [3.63, 3.8) is 0 Å². The molecule has 0 saturated carbocycles. The van der Waals surface area contributed by atoms with E-state index in [0.29, 0.717) is 0 Å². The first-order valence-corrected chi connectivity index (χ1v) is 8.71. The highest BCUT2D eigenvalue weighted by Gasteiger charge is 2.23. The number of fused-ring (bicyclic) bond motifs is 2. The summed E-state index contributed by atoms with van der Waals surface area (Å²) in [7, 11) is 4.27. The van der Waals surface area contributed by atoms with Gasteiger partial charge in [-0.3, -0.25) is 0 Å². The summed E-state index contributed by atoms with van der Waals surface area (Å²) >= 11 is 1.82. The summed E-state index contributed by atoms with van der Waals surface area (Å²) in [6.07, 6.45) is 5.60. The van der Waals surface area contributed by atoms with Crippen LogP contribution >= 0.6 is 11.8 Å². The van der Waals surface area contributed by atoms with Gasteiger partial charge in [0.1, 0.15) is 5.82 Å². The SMILES string of the molecule is CN(C)CCCCCN1c2ccccc2Sc2cccnc21. The molecule has 3 nitrogen and oxygen atoms in total. The lowest BCUT2D eigenvalue weighted by atomic mass is 10.2. The van der Waals surface area contributed by atoms with Crippen molar-refractivity contribution in [2.24, 2.45) is 0 Å². The van der Waals surface area contributed by atoms with Crippen LogP contribution in [0.25, 0.3) is 0 Å². The molecular weight excluding hydrogens is 290 g/mol. The highest BCUT2D eigenvalue weighted by atomic mass is 32.2. The van der Waals surface area contributed by atoms with E-state index in [1.165, 1.54) is 41.3 Å². The van der Waals surface area contributed by atoms with Gasteiger partial charge in [-0.2, -0.15) is 0 Å². The molecule has 1 aromatic heterocycles. The van der Waals surface area contributed by atoms with E-state index in [1.807, 2.05) is 24.0 Å². The molecule has 0 saturated heterocycles. The number of benzene rings is 1. The molecule has 2 heterocycles. The van der Waals surface area contributed by atoms with Gasteiger partial charge in [-0.1, -0.05) is 30.3 Å². The van der Waals surface area contributed by atoms with Crippen molar-refractivity contribution in [1.29, 1.82) is 0 Å². The summed E-state index contributed by atoms with van der Waals surface area (Å²) in [5, 5.41) is 0. The minimum absolute atomic E-state index is 1.04. The molecule has 1 aromatic carbocycles. The Labute approximate surface area is 137 Å². The summed E-state index contributed by atoms with van der Waals surface area (Å²) < 4.78 is 0. The quantitative estimate of drug-likeness (QED) is 0.735. The highest BCUT2D eigenvalue weighted by Crippen LogP contribution is 2.46. The molecule has 0 unspecified atom stereocenters. The van der Waals surface area contributed by atoms with Gasteiger partial charge in [-0.15, -0.1) is 0 Å². The fourth-order valence-electron chi connectivity index (χ4n) is 2.76. The third-order valence-corrected chi connectivity index (χ3v) is 4.97. The van der Waals surface area contributed by atoms with Crippen LogP contribution in [0, 0.1) is 0 Å². The first kappa shape index (κ1) is 15.4. The fraction of sp³-hybridized carbons (Fsp3) is 0.389. The Morgan fingerprint density at radius 3 is 2.68 bits per heavy atom. The van der Waals surface area contributed by atoms with Crippen LogP contribution in [0.5, 0.6) is 0 Å². The third kappa shape index (κ3) is 3.45. The van der Waals surface area contributed by atoms with Crippen molar-refractivity contribution in [2.45, 2.75) is 29.1 Å². The number of hydrogen-bond donors (Lipinski definition) is 0. The van der Waals surface area contributed by atoms with Gasteiger partial charge in [-0.05, 0) is 57.7 Å². The van der Waals surface area contributed by atoms with Gasteiger partial charge in [-0.25, -0.2) is 4.98 Å². The van der Waals surface area contributed by atoms with Crippen molar-refractivity contribution >= 4 is 23.3 Å². The standard InChI is InChI=1S/C18H23N3S/c1-20(2)13-6-3-7-14-21-15-9-4-5-10-16(15)22-17-11-8-12-19-18(17)21/h4-5,8-12H,3,6-7,13-14H2,1-2H3. The zero-order chi connectivity index (χ0) is 15.4. The normalized spacial score (nSPS) is 13.1. The maximum atomic E-state index is 4.62. The number of hydrogen-bond acceptors (Lipinski definition) is 4. The smallest absolute Gasteiger partial charge is 0.147 e. The molecule has 0 N–H and O–H groups in total. The topological polar surface area (TPSA) is 19.4 Å². The molecule has 1 aliphatic rings. The van der Waals surface area contributed by atoms with Crippen molar-refractivity contribution < 1.29 is 0 Å². The molecule has 0 atom stereocenters. The second-order valence-corrected chi connectivity index (χ2v) is 6.99. The van der Waals surface area contributed by atoms with E-state index in [1.54, 1.807) is 0 Å². The first-order valence-electron chi connectivity index (χ1n) is 7.90. The largest absolute Gasteiger partial charge is 0.324 e. The lowest BCUT2D eigenvalue weighted by Gasteiger charge is -2.31. The van der Waals surface area contributed by atoms with Crippen LogP contribution in [-0.4, -0.2) is 37.1 Å². The first-order chi connectivity index (χ1) is 10.8. The minimum atomic E-state index is 1.04. The van der Waals surface area contributed by atoms with E-state index in [9.17, 15) is 0 Å². The van der Waals surface area contributed by atoms with Crippen molar-refractivity contribution in [3.8, 4) is 0 Å². The van der Waals surface area contributed by atoms with Crippen LogP contribution < -0.4 is 4.90 Å². The molecule has 0 amide bonds. The minimum Gasteiger partial charge on any atom is -0.324 e. The van der Waals surface area contributed by atoms with Crippen molar-refractivity contribution in [1.82, 2.24) is 9.88 Å². The zero-order valence-electron chi connectivity index (χ0n) is 13.3. The van der Waals surface area contributed by atoms with Gasteiger partial charge >= 0.3 is 0 Å². The molecule has 2 aromatic rings. The number of aromatic nitrogens is 1. The lowest BCUT2D eigenvalue weighted by molar-refractivity contribution is 0.392. The van der Waals surface area contributed by atoms with E-state index >= 15 is 0 Å². The molecule has 22 heavy (non-hydrogen) atoms. The predicted octanol–water partition coefficient (Wildman–Crippen LogP) is 4.42. The number of unbranched alkanes of at least 4 members (excludes halogenated alkanes) is 2. The van der Waals surface area contributed by atoms with E-state index in [2.05, 4.69) is 59.2 Å². The van der Waals surface area contributed by atoms with Crippen LogP contribution in [0.2, 0.25) is 0 Å². The molecule has 4 heteroatoms. The average Bonchev–Trinajstić information content (AvgIpc) is 2.53. The van der Waals surface area contributed by atoms with Crippen molar-refractivity contribution in [3.05, 3.63) is 42.6 Å². The predicted molar refractivity (Wildman–Crippen MR) is 94.2 cm³/mol. The fourth-order valence-corrected chi connectivity index (χ4v) is 3.83. The van der Waals surface area contributed by atoms with Crippen LogP contribution in [-0.2, 0) is 0 Å². The van der Waals surface area contributed by atoms with Gasteiger partial charge in [0.15, 0.2) is 0 Å². The molecule has 0 fully saturated rings. The Hall–Kier alpha value is -1.52. The summed E-state index contributed by atoms with van der Waals surface area (Å²) in [6.45, 7) is 2.20. The number of nitrogens with zero attached hydrogens (tertiary/aromatic N) is 3. The van der Waals surface area contributed by atoms with Gasteiger partial charge in [0.05, 0.1) is 10.6 Å². The number of para-hydroxylation sites is 1. The number of pyridine rings is 1. The third-order valence-electron chi connectivity index (χ3n) is 3.87. The lowest BCUT2D eigenvalue weighted by Crippen LogP contribution is -2.23. The Morgan fingerprint density at radius 2 is 1.82 bits per heavy atom. The Bertz CT molecular complexity index is 582. The van der Waals surface area contributed by atoms with Crippen LogP contribution in [0.3, 0.4) is 0 Å². The zero-order valence-corrected chi connectivity index (χ0v) is 14.1. The Kier molecular flexibility index (Phi) is 5.01. The molecule has 116 valence electrons. The van der Waals surface area contributed by atoms with E-state index in [-0.39, 0.29) is 0 Å². The van der Waals surface area contributed by atoms with Crippen LogP contribution in [0.4, 0.5) is 11.5 Å². The van der Waals surface area contributed by atoms with Gasteiger partial charge in [0, 0.05) is 17.6 Å². The number of rotatable bonds is 6. The van der Waals surface area contributed by atoms with E-state index < -0.39 is 0 Å². The van der Waals surface area contributed by atoms with Gasteiger partial charge < -0.3 is 9.80 Å². The second kappa shape index (κ2) is 7.16. The molecule has 0 radical (unpaired) electrons. The molecule has 1 aliphatic heterocycles. The van der Waals surface area contributed by atoms with Gasteiger partial charge in [0.25, 0.3) is 0 Å². The maximum absolute atomic E-state index is 4.62. The molecule has 0 aliphatic carbocycles. The molecular formula is C18H23N3S. The summed E-state index contributed by atoms with van der Waals surface area (Å²) in [5.74, 6) is 1.11. The monoisotopic (exact) mass is 313 g/mol. The molecule has 0 bridgehead atoms. The average molecular weight is 313 g/mol. The summed E-state index contributed by atoms with van der Waals surface area (Å²) in [4.78, 5) is 11.9. The van der Waals surface area contributed by atoms with Crippen molar-refractivity contribution in [2.75, 3.05) is 32.1 Å². The maximum Gasteiger partial charge on any atom is 0.147 e. The number of anilines is 2. The Balaban J connectivity index is 1.72. The molecule has 0 spiro atoms. The second-order valence-electron chi connectivity index (χ2n) is 5.91. The van der Waals surface area contributed by atoms with E-state index in [4.69, 9.17) is 0 Å². The Morgan fingerprint density at radius 1 is 1.00 bits per heavy atom. The highest BCUT2D eigenvalue weighted by molar-refractivity contribution is 7.99. The summed E-state index contributed by atoms with van der Waals surface area (Å²) in [5.41, 5.74) is 1.30. The van der Waals surface area contributed by atoms with Crippen LogP contribution in [0.15, 0.2) is 52.4 Å². The van der Waals surface area contributed by atoms with E-state index in [0.717, 1.165) is 12.4 Å².